The van der Waals surface area contributed by atoms with Crippen molar-refractivity contribution in [2.75, 3.05) is 0 Å². The van der Waals surface area contributed by atoms with Crippen LogP contribution in [0.4, 0.5) is 0 Å². The van der Waals surface area contributed by atoms with Gasteiger partial charge in [0.15, 0.2) is 0 Å². The van der Waals surface area contributed by atoms with Gasteiger partial charge in [0, 0.05) is 5.92 Å². The van der Waals surface area contributed by atoms with E-state index in [1.54, 1.807) is 0 Å². The fourth-order valence-electron chi connectivity index (χ4n) is 2.71. The molecule has 1 N–H and O–H groups in total. The fraction of sp³-hybridized carbons (Fsp3) is 0.529. The van der Waals surface area contributed by atoms with Gasteiger partial charge in [-0.25, -0.2) is 0 Å². The Balaban J connectivity index is 2.04. The molecule has 2 rings (SSSR count). The number of hydrogen-bond donors (Lipinski definition) is 1. The molecule has 1 aliphatic rings. The van der Waals surface area contributed by atoms with Gasteiger partial charge in [0.05, 0.1) is 18.3 Å². The van der Waals surface area contributed by atoms with Crippen LogP contribution in [-0.4, -0.2) is 16.8 Å². The Morgan fingerprint density at radius 2 is 1.95 bits per heavy atom. The van der Waals surface area contributed by atoms with Crippen LogP contribution in [0.15, 0.2) is 42.0 Å². The Hall–Kier alpha value is -1.12. The predicted octanol–water partition coefficient (Wildman–Crippen LogP) is 3.70. The smallest absolute Gasteiger partial charge is 0.0818 e. The zero-order valence-electron chi connectivity index (χ0n) is 12.1. The summed E-state index contributed by atoms with van der Waals surface area (Å²) in [7, 11) is 0. The highest BCUT2D eigenvalue weighted by molar-refractivity contribution is 5.15. The highest BCUT2D eigenvalue weighted by Crippen LogP contribution is 2.34. The molecule has 0 spiro atoms. The van der Waals surface area contributed by atoms with E-state index >= 15 is 0 Å². The van der Waals surface area contributed by atoms with Gasteiger partial charge < -0.3 is 9.84 Å². The van der Waals surface area contributed by atoms with E-state index in [1.165, 1.54) is 11.1 Å². The Morgan fingerprint density at radius 3 is 2.58 bits per heavy atom. The maximum absolute atomic E-state index is 10.3. The summed E-state index contributed by atoms with van der Waals surface area (Å²) in [4.78, 5) is 0. The summed E-state index contributed by atoms with van der Waals surface area (Å²) in [6.45, 7) is 6.50. The average Bonchev–Trinajstić information content (AvgIpc) is 2.36. The molecule has 0 radical (unpaired) electrons. The first kappa shape index (κ1) is 14.3. The zero-order valence-corrected chi connectivity index (χ0v) is 12.1. The number of rotatable bonds is 4. The Morgan fingerprint density at radius 1 is 1.26 bits per heavy atom. The van der Waals surface area contributed by atoms with Crippen molar-refractivity contribution in [3.63, 3.8) is 0 Å². The van der Waals surface area contributed by atoms with Crippen molar-refractivity contribution in [2.45, 2.75) is 51.9 Å². The minimum absolute atomic E-state index is 0.00829. The quantitative estimate of drug-likeness (QED) is 0.836. The molecule has 2 heteroatoms. The molecule has 1 aromatic rings. The van der Waals surface area contributed by atoms with E-state index < -0.39 is 5.60 Å². The summed E-state index contributed by atoms with van der Waals surface area (Å²) in [6, 6.07) is 10.2. The summed E-state index contributed by atoms with van der Waals surface area (Å²) >= 11 is 0. The third-order valence-corrected chi connectivity index (χ3v) is 3.89. The van der Waals surface area contributed by atoms with Crippen molar-refractivity contribution >= 4 is 0 Å². The average molecular weight is 260 g/mol. The molecular weight excluding hydrogens is 236 g/mol. The zero-order chi connectivity index (χ0) is 13.9. The molecule has 0 amide bonds. The van der Waals surface area contributed by atoms with E-state index in [-0.39, 0.29) is 12.0 Å². The summed E-state index contributed by atoms with van der Waals surface area (Å²) in [5.74, 6) is 0.167. The van der Waals surface area contributed by atoms with Crippen LogP contribution in [0.2, 0.25) is 0 Å². The highest BCUT2D eigenvalue weighted by atomic mass is 16.5. The molecule has 0 aliphatic heterocycles. The van der Waals surface area contributed by atoms with E-state index in [1.807, 2.05) is 32.0 Å². The number of allylic oxidation sites excluding steroid dienone is 1. The van der Waals surface area contributed by atoms with E-state index in [0.29, 0.717) is 6.61 Å². The molecule has 2 nitrogen and oxygen atoms in total. The molecule has 19 heavy (non-hydrogen) atoms. The Bertz CT molecular complexity index is 428. The Labute approximate surface area is 116 Å². The lowest BCUT2D eigenvalue weighted by atomic mass is 9.78. The van der Waals surface area contributed by atoms with E-state index in [9.17, 15) is 5.11 Å². The summed E-state index contributed by atoms with van der Waals surface area (Å²) < 4.78 is 6.04. The van der Waals surface area contributed by atoms with Gasteiger partial charge in [0.2, 0.25) is 0 Å². The van der Waals surface area contributed by atoms with Crippen LogP contribution in [0.25, 0.3) is 0 Å². The van der Waals surface area contributed by atoms with E-state index in [0.717, 1.165) is 12.8 Å². The monoisotopic (exact) mass is 260 g/mol. The first-order valence-corrected chi connectivity index (χ1v) is 7.02. The molecule has 0 bridgehead atoms. The maximum Gasteiger partial charge on any atom is 0.0818 e. The Kier molecular flexibility index (Phi) is 4.43. The molecule has 0 saturated heterocycles. The van der Waals surface area contributed by atoms with Crippen LogP contribution >= 0.6 is 0 Å². The second-order valence-corrected chi connectivity index (χ2v) is 6.07. The van der Waals surface area contributed by atoms with Crippen molar-refractivity contribution in [3.8, 4) is 0 Å². The highest BCUT2D eigenvalue weighted by Gasteiger charge is 2.35. The van der Waals surface area contributed by atoms with E-state index in [2.05, 4.69) is 25.1 Å². The standard InChI is InChI=1S/C17H24O2/c1-13-9-10-15(17(2,3)18)16(11-13)19-12-14-7-5-4-6-8-14/h4-8,11,15-16,18H,9-10,12H2,1-3H3. The summed E-state index contributed by atoms with van der Waals surface area (Å²) in [5, 5.41) is 10.3. The van der Waals surface area contributed by atoms with Crippen molar-refractivity contribution < 1.29 is 9.84 Å². The van der Waals surface area contributed by atoms with Gasteiger partial charge in [-0.1, -0.05) is 42.0 Å². The normalized spacial score (nSPS) is 24.1. The van der Waals surface area contributed by atoms with Crippen LogP contribution in [0.5, 0.6) is 0 Å². The summed E-state index contributed by atoms with van der Waals surface area (Å²) in [5.41, 5.74) is 1.84. The van der Waals surface area contributed by atoms with Crippen LogP contribution in [0, 0.1) is 5.92 Å². The number of hydrogen-bond acceptors (Lipinski definition) is 2. The van der Waals surface area contributed by atoms with Crippen molar-refractivity contribution in [3.05, 3.63) is 47.5 Å². The predicted molar refractivity (Wildman–Crippen MR) is 77.8 cm³/mol. The van der Waals surface area contributed by atoms with Gasteiger partial charge >= 0.3 is 0 Å². The number of ether oxygens (including phenoxy) is 1. The van der Waals surface area contributed by atoms with Crippen molar-refractivity contribution in [2.24, 2.45) is 5.92 Å². The largest absolute Gasteiger partial charge is 0.390 e. The third-order valence-electron chi connectivity index (χ3n) is 3.89. The van der Waals surface area contributed by atoms with Gasteiger partial charge in [-0.3, -0.25) is 0 Å². The molecule has 0 heterocycles. The van der Waals surface area contributed by atoms with Crippen molar-refractivity contribution in [1.29, 1.82) is 0 Å². The SMILES string of the molecule is CC1=CC(OCc2ccccc2)C(C(C)(C)O)CC1. The molecule has 0 aromatic heterocycles. The van der Waals surface area contributed by atoms with Gasteiger partial charge in [0.25, 0.3) is 0 Å². The van der Waals surface area contributed by atoms with Crippen LogP contribution in [-0.2, 0) is 11.3 Å². The second kappa shape index (κ2) is 5.89. The topological polar surface area (TPSA) is 29.5 Å². The molecule has 2 atom stereocenters. The van der Waals surface area contributed by atoms with Gasteiger partial charge in [-0.05, 0) is 39.2 Å². The van der Waals surface area contributed by atoms with Gasteiger partial charge in [-0.15, -0.1) is 0 Å². The maximum atomic E-state index is 10.3. The molecule has 1 aromatic carbocycles. The lowest BCUT2D eigenvalue weighted by Crippen LogP contribution is -2.41. The molecule has 104 valence electrons. The molecule has 2 unspecified atom stereocenters. The molecular formula is C17H24O2. The molecule has 1 aliphatic carbocycles. The minimum Gasteiger partial charge on any atom is -0.390 e. The van der Waals surface area contributed by atoms with E-state index in [4.69, 9.17) is 4.74 Å². The van der Waals surface area contributed by atoms with Crippen LogP contribution in [0.3, 0.4) is 0 Å². The molecule has 0 saturated carbocycles. The third kappa shape index (κ3) is 3.92. The van der Waals surface area contributed by atoms with Crippen LogP contribution in [0.1, 0.15) is 39.2 Å². The fourth-order valence-corrected chi connectivity index (χ4v) is 2.71. The minimum atomic E-state index is -0.696. The first-order valence-electron chi connectivity index (χ1n) is 7.02. The van der Waals surface area contributed by atoms with Crippen LogP contribution < -0.4 is 0 Å². The number of benzene rings is 1. The van der Waals surface area contributed by atoms with Crippen molar-refractivity contribution in [1.82, 2.24) is 0 Å². The lowest BCUT2D eigenvalue weighted by Gasteiger charge is -2.37. The first-order chi connectivity index (χ1) is 8.97. The second-order valence-electron chi connectivity index (χ2n) is 6.07. The molecule has 0 fully saturated rings. The lowest BCUT2D eigenvalue weighted by molar-refractivity contribution is -0.0698. The summed E-state index contributed by atoms with van der Waals surface area (Å²) in [6.07, 6.45) is 4.23. The number of aliphatic hydroxyl groups is 1. The van der Waals surface area contributed by atoms with Gasteiger partial charge in [0.1, 0.15) is 0 Å². The van der Waals surface area contributed by atoms with Gasteiger partial charge in [-0.2, -0.15) is 0 Å².